The van der Waals surface area contributed by atoms with Gasteiger partial charge in [-0.3, -0.25) is 13.9 Å². The minimum absolute atomic E-state index is 0.0532. The summed E-state index contributed by atoms with van der Waals surface area (Å²) in [6, 6.07) is 12.8. The standard InChI is InChI=1S/C27H36F3N3O4S/c1-20(25(35)31-26(2,3)4)32(18-16-21-11-7-6-8-12-21)24(34)15-10-17-33(38(5,36)37)23-14-9-13-22(19-23)27(28,29)30/h6-9,11-14,19-20H,10,15-18H2,1-5H3,(H,31,35). The van der Waals surface area contributed by atoms with E-state index >= 15 is 0 Å². The maximum Gasteiger partial charge on any atom is 0.416 e. The molecule has 0 aliphatic rings. The van der Waals surface area contributed by atoms with Crippen LogP contribution in [-0.2, 0) is 32.2 Å². The first-order valence-electron chi connectivity index (χ1n) is 12.3. The lowest BCUT2D eigenvalue weighted by Crippen LogP contribution is -2.53. The summed E-state index contributed by atoms with van der Waals surface area (Å²) in [5.41, 5.74) is -0.610. The summed E-state index contributed by atoms with van der Waals surface area (Å²) >= 11 is 0. The van der Waals surface area contributed by atoms with E-state index in [1.165, 1.54) is 11.0 Å². The van der Waals surface area contributed by atoms with Gasteiger partial charge in [0, 0.05) is 25.0 Å². The molecule has 11 heteroatoms. The molecule has 0 saturated carbocycles. The van der Waals surface area contributed by atoms with Crippen LogP contribution >= 0.6 is 0 Å². The van der Waals surface area contributed by atoms with Crippen molar-refractivity contribution in [1.82, 2.24) is 10.2 Å². The van der Waals surface area contributed by atoms with Crippen LogP contribution in [0.1, 0.15) is 51.7 Å². The number of rotatable bonds is 11. The van der Waals surface area contributed by atoms with E-state index in [4.69, 9.17) is 0 Å². The van der Waals surface area contributed by atoms with Gasteiger partial charge in [-0.25, -0.2) is 8.42 Å². The number of amides is 2. The van der Waals surface area contributed by atoms with Crippen molar-refractivity contribution in [3.8, 4) is 0 Å². The molecule has 7 nitrogen and oxygen atoms in total. The number of benzene rings is 2. The Balaban J connectivity index is 2.18. The molecular weight excluding hydrogens is 519 g/mol. The number of hydrogen-bond donors (Lipinski definition) is 1. The molecule has 38 heavy (non-hydrogen) atoms. The smallest absolute Gasteiger partial charge is 0.350 e. The van der Waals surface area contributed by atoms with Crippen molar-refractivity contribution >= 4 is 27.5 Å². The highest BCUT2D eigenvalue weighted by atomic mass is 32.2. The molecule has 2 amide bonds. The monoisotopic (exact) mass is 555 g/mol. The van der Waals surface area contributed by atoms with Gasteiger partial charge in [-0.2, -0.15) is 13.2 Å². The van der Waals surface area contributed by atoms with Gasteiger partial charge in [0.15, 0.2) is 0 Å². The molecule has 0 radical (unpaired) electrons. The summed E-state index contributed by atoms with van der Waals surface area (Å²) in [4.78, 5) is 27.6. The van der Waals surface area contributed by atoms with E-state index in [0.717, 1.165) is 34.3 Å². The van der Waals surface area contributed by atoms with Crippen molar-refractivity contribution in [2.24, 2.45) is 0 Å². The summed E-state index contributed by atoms with van der Waals surface area (Å²) in [5.74, 6) is -0.671. The maximum absolute atomic E-state index is 13.3. The second-order valence-electron chi connectivity index (χ2n) is 10.2. The van der Waals surface area contributed by atoms with Crippen LogP contribution in [0.4, 0.5) is 18.9 Å². The summed E-state index contributed by atoms with van der Waals surface area (Å²) in [6.45, 7) is 7.21. The zero-order chi connectivity index (χ0) is 28.7. The number of alkyl halides is 3. The van der Waals surface area contributed by atoms with Gasteiger partial charge in [-0.1, -0.05) is 36.4 Å². The largest absolute Gasteiger partial charge is 0.416 e. The fourth-order valence-corrected chi connectivity index (χ4v) is 4.84. The fraction of sp³-hybridized carbons (Fsp3) is 0.481. The topological polar surface area (TPSA) is 86.8 Å². The molecule has 0 aromatic heterocycles. The average Bonchev–Trinajstić information content (AvgIpc) is 2.80. The molecule has 0 fully saturated rings. The number of hydrogen-bond acceptors (Lipinski definition) is 4. The van der Waals surface area contributed by atoms with Gasteiger partial charge < -0.3 is 10.2 Å². The first-order chi connectivity index (χ1) is 17.5. The summed E-state index contributed by atoms with van der Waals surface area (Å²) < 4.78 is 65.1. The molecule has 1 atom stereocenters. The molecule has 0 heterocycles. The minimum atomic E-state index is -4.63. The zero-order valence-electron chi connectivity index (χ0n) is 22.4. The van der Waals surface area contributed by atoms with Crippen molar-refractivity contribution in [3.05, 3.63) is 65.7 Å². The predicted molar refractivity (Wildman–Crippen MR) is 142 cm³/mol. The molecule has 2 aromatic rings. The highest BCUT2D eigenvalue weighted by Crippen LogP contribution is 2.32. The van der Waals surface area contributed by atoms with Gasteiger partial charge in [0.05, 0.1) is 17.5 Å². The number of nitrogens with one attached hydrogen (secondary N) is 1. The van der Waals surface area contributed by atoms with Gasteiger partial charge in [-0.15, -0.1) is 0 Å². The first-order valence-corrected chi connectivity index (χ1v) is 14.1. The van der Waals surface area contributed by atoms with Crippen molar-refractivity contribution in [2.75, 3.05) is 23.7 Å². The van der Waals surface area contributed by atoms with Crippen LogP contribution in [0.25, 0.3) is 0 Å². The summed E-state index contributed by atoms with van der Waals surface area (Å²) in [7, 11) is -3.92. The fourth-order valence-electron chi connectivity index (χ4n) is 3.89. The molecule has 1 unspecified atom stereocenters. The lowest BCUT2D eigenvalue weighted by atomic mass is 10.1. The van der Waals surface area contributed by atoms with Crippen molar-refractivity contribution in [2.45, 2.75) is 64.7 Å². The van der Waals surface area contributed by atoms with E-state index in [1.54, 1.807) is 6.92 Å². The number of nitrogens with zero attached hydrogens (tertiary/aromatic N) is 2. The van der Waals surface area contributed by atoms with Crippen LogP contribution in [0.2, 0.25) is 0 Å². The molecule has 0 aliphatic carbocycles. The quantitative estimate of drug-likeness (QED) is 0.438. The summed E-state index contributed by atoms with van der Waals surface area (Å²) in [5, 5.41) is 2.87. The summed E-state index contributed by atoms with van der Waals surface area (Å²) in [6.07, 6.45) is -3.25. The third-order valence-corrected chi connectivity index (χ3v) is 6.96. The minimum Gasteiger partial charge on any atom is -0.350 e. The zero-order valence-corrected chi connectivity index (χ0v) is 23.2. The highest BCUT2D eigenvalue weighted by Gasteiger charge is 2.32. The van der Waals surface area contributed by atoms with Gasteiger partial charge in [0.2, 0.25) is 21.8 Å². The van der Waals surface area contributed by atoms with Crippen LogP contribution in [0.3, 0.4) is 0 Å². The van der Waals surface area contributed by atoms with E-state index in [1.807, 2.05) is 51.1 Å². The number of carbonyl (C=O) groups excluding carboxylic acids is 2. The molecule has 0 aliphatic heterocycles. The van der Waals surface area contributed by atoms with Crippen LogP contribution < -0.4 is 9.62 Å². The number of halogens is 3. The Morgan fingerprint density at radius 3 is 2.16 bits per heavy atom. The molecule has 1 N–H and O–H groups in total. The Labute approximate surface area is 223 Å². The first kappa shape index (κ1) is 31.1. The Hall–Kier alpha value is -3.08. The van der Waals surface area contributed by atoms with Crippen molar-refractivity contribution < 1.29 is 31.2 Å². The maximum atomic E-state index is 13.3. The number of carbonyl (C=O) groups is 2. The highest BCUT2D eigenvalue weighted by molar-refractivity contribution is 7.92. The lowest BCUT2D eigenvalue weighted by molar-refractivity contribution is -0.140. The van der Waals surface area contributed by atoms with Gasteiger partial charge in [0.1, 0.15) is 6.04 Å². The van der Waals surface area contributed by atoms with Gasteiger partial charge >= 0.3 is 6.18 Å². The molecule has 2 rings (SSSR count). The van der Waals surface area contributed by atoms with Crippen molar-refractivity contribution in [3.63, 3.8) is 0 Å². The molecule has 210 valence electrons. The number of sulfonamides is 1. The molecule has 0 saturated heterocycles. The molecule has 2 aromatic carbocycles. The van der Waals surface area contributed by atoms with E-state index in [0.29, 0.717) is 6.42 Å². The lowest BCUT2D eigenvalue weighted by Gasteiger charge is -2.32. The van der Waals surface area contributed by atoms with Crippen LogP contribution in [0, 0.1) is 0 Å². The van der Waals surface area contributed by atoms with E-state index in [9.17, 15) is 31.2 Å². The van der Waals surface area contributed by atoms with E-state index in [-0.39, 0.29) is 43.4 Å². The molecule has 0 bridgehead atoms. The van der Waals surface area contributed by atoms with Gasteiger partial charge in [-0.05, 0) is 64.3 Å². The Bertz CT molecular complexity index is 1200. The van der Waals surface area contributed by atoms with E-state index < -0.39 is 33.3 Å². The van der Waals surface area contributed by atoms with Crippen molar-refractivity contribution in [1.29, 1.82) is 0 Å². The van der Waals surface area contributed by atoms with Crippen LogP contribution in [0.5, 0.6) is 0 Å². The third-order valence-electron chi connectivity index (χ3n) is 5.76. The second-order valence-corrected chi connectivity index (χ2v) is 12.1. The third kappa shape index (κ3) is 9.66. The Kier molecular flexibility index (Phi) is 10.4. The van der Waals surface area contributed by atoms with Crippen LogP contribution in [0.15, 0.2) is 54.6 Å². The van der Waals surface area contributed by atoms with Gasteiger partial charge in [0.25, 0.3) is 0 Å². The van der Waals surface area contributed by atoms with E-state index in [2.05, 4.69) is 5.32 Å². The molecule has 0 spiro atoms. The molecular formula is C27H36F3N3O4S. The predicted octanol–water partition coefficient (Wildman–Crippen LogP) is 4.63. The Morgan fingerprint density at radius 1 is 0.974 bits per heavy atom. The second kappa shape index (κ2) is 12.6. The SMILES string of the molecule is CC(C(=O)NC(C)(C)C)N(CCc1ccccc1)C(=O)CCCN(c1cccc(C(F)(F)F)c1)S(C)(=O)=O. The number of anilines is 1. The average molecular weight is 556 g/mol. The normalized spacial score (nSPS) is 13.1. The Morgan fingerprint density at radius 2 is 1.61 bits per heavy atom. The van der Waals surface area contributed by atoms with Crippen LogP contribution in [-0.4, -0.2) is 56.1 Å².